The SMILES string of the molecule is NCC1(c2ccc(OC3CS(=O)(=O)C3)cc2)CCC1. The topological polar surface area (TPSA) is 69.4 Å². The average Bonchev–Trinajstić information content (AvgIpc) is 2.28. The van der Waals surface area contributed by atoms with Gasteiger partial charge in [-0.1, -0.05) is 18.6 Å². The van der Waals surface area contributed by atoms with E-state index in [1.807, 2.05) is 12.1 Å². The van der Waals surface area contributed by atoms with E-state index in [0.717, 1.165) is 18.6 Å². The molecule has 1 saturated heterocycles. The Balaban J connectivity index is 1.66. The predicted octanol–water partition coefficient (Wildman–Crippen LogP) is 1.24. The summed E-state index contributed by atoms with van der Waals surface area (Å²) in [5, 5.41) is 0. The van der Waals surface area contributed by atoms with Gasteiger partial charge in [0.15, 0.2) is 9.84 Å². The molecule has 0 amide bonds. The van der Waals surface area contributed by atoms with E-state index >= 15 is 0 Å². The molecule has 0 spiro atoms. The molecule has 0 aromatic heterocycles. The van der Waals surface area contributed by atoms with Crippen LogP contribution in [0.1, 0.15) is 24.8 Å². The smallest absolute Gasteiger partial charge is 0.157 e. The summed E-state index contributed by atoms with van der Waals surface area (Å²) in [5.41, 5.74) is 7.32. The van der Waals surface area contributed by atoms with E-state index in [1.54, 1.807) is 0 Å². The molecule has 4 nitrogen and oxygen atoms in total. The number of sulfone groups is 1. The highest BCUT2D eigenvalue weighted by atomic mass is 32.2. The summed E-state index contributed by atoms with van der Waals surface area (Å²) in [4.78, 5) is 0. The Morgan fingerprint density at radius 2 is 1.84 bits per heavy atom. The van der Waals surface area contributed by atoms with Crippen LogP contribution in [0.2, 0.25) is 0 Å². The van der Waals surface area contributed by atoms with Crippen molar-refractivity contribution in [3.63, 3.8) is 0 Å². The normalized spacial score (nSPS) is 24.3. The van der Waals surface area contributed by atoms with Crippen LogP contribution in [-0.2, 0) is 15.3 Å². The minimum absolute atomic E-state index is 0.140. The Kier molecular flexibility index (Phi) is 3.06. The summed E-state index contributed by atoms with van der Waals surface area (Å²) in [6.45, 7) is 0.689. The zero-order valence-corrected chi connectivity index (χ0v) is 11.7. The fraction of sp³-hybridized carbons (Fsp3) is 0.571. The van der Waals surface area contributed by atoms with Crippen molar-refractivity contribution in [3.8, 4) is 5.75 Å². The molecule has 2 N–H and O–H groups in total. The van der Waals surface area contributed by atoms with E-state index in [0.29, 0.717) is 6.54 Å². The van der Waals surface area contributed by atoms with Crippen LogP contribution in [0.25, 0.3) is 0 Å². The molecule has 1 aliphatic carbocycles. The molecule has 0 unspecified atom stereocenters. The molecule has 1 aromatic rings. The quantitative estimate of drug-likeness (QED) is 0.901. The lowest BCUT2D eigenvalue weighted by Crippen LogP contribution is -2.45. The third-order valence-electron chi connectivity index (χ3n) is 4.35. The van der Waals surface area contributed by atoms with Crippen LogP contribution in [-0.4, -0.2) is 32.6 Å². The Hall–Kier alpha value is -1.07. The molecule has 104 valence electrons. The van der Waals surface area contributed by atoms with Crippen LogP contribution in [0.4, 0.5) is 0 Å². The third-order valence-corrected chi connectivity index (χ3v) is 6.11. The molecule has 2 fully saturated rings. The molecule has 5 heteroatoms. The summed E-state index contributed by atoms with van der Waals surface area (Å²) < 4.78 is 27.8. The van der Waals surface area contributed by atoms with Gasteiger partial charge in [-0.3, -0.25) is 0 Å². The Bertz CT molecular complexity index is 543. The van der Waals surface area contributed by atoms with Gasteiger partial charge in [0.05, 0.1) is 11.5 Å². The van der Waals surface area contributed by atoms with Crippen LogP contribution >= 0.6 is 0 Å². The van der Waals surface area contributed by atoms with E-state index in [-0.39, 0.29) is 23.0 Å². The second kappa shape index (κ2) is 4.49. The highest BCUT2D eigenvalue weighted by Crippen LogP contribution is 2.43. The van der Waals surface area contributed by atoms with Gasteiger partial charge in [0.2, 0.25) is 0 Å². The van der Waals surface area contributed by atoms with Crippen LogP contribution in [0.15, 0.2) is 24.3 Å². The van der Waals surface area contributed by atoms with Gasteiger partial charge in [0.1, 0.15) is 11.9 Å². The fourth-order valence-corrected chi connectivity index (χ4v) is 4.05. The molecule has 19 heavy (non-hydrogen) atoms. The Morgan fingerprint density at radius 3 is 2.26 bits per heavy atom. The lowest BCUT2D eigenvalue weighted by molar-refractivity contribution is 0.229. The molecule has 0 atom stereocenters. The first kappa shape index (κ1) is 12.9. The van der Waals surface area contributed by atoms with Crippen molar-refractivity contribution in [1.29, 1.82) is 0 Å². The van der Waals surface area contributed by atoms with Gasteiger partial charge < -0.3 is 10.5 Å². The van der Waals surface area contributed by atoms with Crippen molar-refractivity contribution in [3.05, 3.63) is 29.8 Å². The van der Waals surface area contributed by atoms with Crippen LogP contribution in [0, 0.1) is 0 Å². The summed E-state index contributed by atoms with van der Waals surface area (Å²) in [6.07, 6.45) is 3.38. The highest BCUT2D eigenvalue weighted by molar-refractivity contribution is 7.92. The lowest BCUT2D eigenvalue weighted by atomic mass is 9.64. The second-order valence-electron chi connectivity index (χ2n) is 5.68. The maximum absolute atomic E-state index is 11.1. The van der Waals surface area contributed by atoms with E-state index < -0.39 is 9.84 Å². The standard InChI is InChI=1S/C14H19NO3S/c15-10-14(6-1-7-14)11-2-4-12(5-3-11)18-13-8-19(16,17)9-13/h2-5,13H,1,6-10,15H2. The first-order valence-electron chi connectivity index (χ1n) is 6.71. The van der Waals surface area contributed by atoms with Crippen molar-refractivity contribution in [2.75, 3.05) is 18.1 Å². The summed E-state index contributed by atoms with van der Waals surface area (Å²) >= 11 is 0. The third kappa shape index (κ3) is 2.37. The number of ether oxygens (including phenoxy) is 1. The predicted molar refractivity (Wildman–Crippen MR) is 74.1 cm³/mol. The van der Waals surface area contributed by atoms with E-state index in [4.69, 9.17) is 10.5 Å². The van der Waals surface area contributed by atoms with Gasteiger partial charge in [-0.25, -0.2) is 8.42 Å². The van der Waals surface area contributed by atoms with Gasteiger partial charge in [0, 0.05) is 12.0 Å². The van der Waals surface area contributed by atoms with Crippen molar-refractivity contribution in [2.45, 2.75) is 30.8 Å². The summed E-state index contributed by atoms with van der Waals surface area (Å²) in [6, 6.07) is 7.98. The molecule has 1 saturated carbocycles. The fourth-order valence-electron chi connectivity index (χ4n) is 2.88. The van der Waals surface area contributed by atoms with Gasteiger partial charge in [-0.05, 0) is 30.5 Å². The maximum atomic E-state index is 11.1. The molecular weight excluding hydrogens is 262 g/mol. The second-order valence-corrected chi connectivity index (χ2v) is 7.83. The van der Waals surface area contributed by atoms with Gasteiger partial charge in [-0.2, -0.15) is 0 Å². The van der Waals surface area contributed by atoms with Crippen molar-refractivity contribution in [1.82, 2.24) is 0 Å². The average molecular weight is 281 g/mol. The Labute approximate surface area is 113 Å². The first-order chi connectivity index (χ1) is 9.03. The minimum Gasteiger partial charge on any atom is -0.488 e. The van der Waals surface area contributed by atoms with Gasteiger partial charge in [0.25, 0.3) is 0 Å². The van der Waals surface area contributed by atoms with Gasteiger partial charge in [-0.15, -0.1) is 0 Å². The first-order valence-corrected chi connectivity index (χ1v) is 8.53. The molecule has 0 radical (unpaired) electrons. The van der Waals surface area contributed by atoms with E-state index in [1.165, 1.54) is 12.0 Å². The zero-order chi connectivity index (χ0) is 13.5. The van der Waals surface area contributed by atoms with Gasteiger partial charge >= 0.3 is 0 Å². The van der Waals surface area contributed by atoms with Crippen molar-refractivity contribution >= 4 is 9.84 Å². The Morgan fingerprint density at radius 1 is 1.21 bits per heavy atom. The van der Waals surface area contributed by atoms with E-state index in [2.05, 4.69) is 12.1 Å². The molecule has 1 heterocycles. The van der Waals surface area contributed by atoms with Crippen LogP contribution < -0.4 is 10.5 Å². The maximum Gasteiger partial charge on any atom is 0.157 e. The molecule has 0 bridgehead atoms. The van der Waals surface area contributed by atoms with E-state index in [9.17, 15) is 8.42 Å². The molecule has 1 aliphatic heterocycles. The summed E-state index contributed by atoms with van der Waals surface area (Å²) in [5.74, 6) is 1.03. The number of hydrogen-bond acceptors (Lipinski definition) is 4. The minimum atomic E-state index is -2.82. The molecule has 2 aliphatic rings. The number of nitrogens with two attached hydrogens (primary N) is 1. The number of hydrogen-bond donors (Lipinski definition) is 1. The number of benzene rings is 1. The zero-order valence-electron chi connectivity index (χ0n) is 10.8. The van der Waals surface area contributed by atoms with Crippen molar-refractivity contribution in [2.24, 2.45) is 5.73 Å². The summed E-state index contributed by atoms with van der Waals surface area (Å²) in [7, 11) is -2.82. The molecule has 1 aromatic carbocycles. The highest BCUT2D eigenvalue weighted by Gasteiger charge is 2.37. The molecular formula is C14H19NO3S. The molecule has 3 rings (SSSR count). The number of rotatable bonds is 4. The largest absolute Gasteiger partial charge is 0.488 e. The van der Waals surface area contributed by atoms with Crippen molar-refractivity contribution < 1.29 is 13.2 Å². The monoisotopic (exact) mass is 281 g/mol. The van der Waals surface area contributed by atoms with Crippen LogP contribution in [0.3, 0.4) is 0 Å². The van der Waals surface area contributed by atoms with Crippen LogP contribution in [0.5, 0.6) is 5.75 Å². The lowest BCUT2D eigenvalue weighted by Gasteiger charge is -2.41.